The molecule has 1 unspecified atom stereocenters. The molecule has 0 spiro atoms. The van der Waals surface area contributed by atoms with Crippen LogP contribution in [0.15, 0.2) is 18.2 Å². The SMILES string of the molecule is CCCNC(C(=O)O)c1ccc(F)cc1C(F)(F)F. The maximum absolute atomic E-state index is 12.9. The average Bonchev–Trinajstić information content (AvgIpc) is 2.29. The molecule has 1 rings (SSSR count). The minimum Gasteiger partial charge on any atom is -0.480 e. The Morgan fingerprint density at radius 1 is 1.42 bits per heavy atom. The topological polar surface area (TPSA) is 49.3 Å². The van der Waals surface area contributed by atoms with Crippen molar-refractivity contribution in [3.8, 4) is 0 Å². The zero-order valence-electron chi connectivity index (χ0n) is 10.1. The van der Waals surface area contributed by atoms with Gasteiger partial charge in [-0.1, -0.05) is 13.0 Å². The van der Waals surface area contributed by atoms with Crippen LogP contribution in [-0.4, -0.2) is 17.6 Å². The molecule has 0 aliphatic heterocycles. The summed E-state index contributed by atoms with van der Waals surface area (Å²) in [7, 11) is 0. The molecule has 0 amide bonds. The van der Waals surface area contributed by atoms with Crippen LogP contribution in [0.2, 0.25) is 0 Å². The van der Waals surface area contributed by atoms with E-state index in [-0.39, 0.29) is 6.54 Å². The van der Waals surface area contributed by atoms with Gasteiger partial charge in [-0.15, -0.1) is 0 Å². The molecule has 0 bridgehead atoms. The lowest BCUT2D eigenvalue weighted by Crippen LogP contribution is -2.31. The highest BCUT2D eigenvalue weighted by atomic mass is 19.4. The van der Waals surface area contributed by atoms with E-state index in [2.05, 4.69) is 5.32 Å². The lowest BCUT2D eigenvalue weighted by Gasteiger charge is -2.19. The van der Waals surface area contributed by atoms with E-state index >= 15 is 0 Å². The van der Waals surface area contributed by atoms with E-state index < -0.39 is 35.1 Å². The third kappa shape index (κ3) is 3.92. The summed E-state index contributed by atoms with van der Waals surface area (Å²) < 4.78 is 51.3. The predicted molar refractivity (Wildman–Crippen MR) is 60.1 cm³/mol. The molecule has 0 fully saturated rings. The van der Waals surface area contributed by atoms with E-state index in [4.69, 9.17) is 5.11 Å². The first kappa shape index (κ1) is 15.4. The predicted octanol–water partition coefficient (Wildman–Crippen LogP) is 2.97. The molecule has 106 valence electrons. The number of hydrogen-bond donors (Lipinski definition) is 2. The summed E-state index contributed by atoms with van der Waals surface area (Å²) in [5, 5.41) is 11.5. The Bertz CT molecular complexity index is 460. The standard InChI is InChI=1S/C12H13F4NO2/c1-2-5-17-10(11(18)19)8-4-3-7(13)6-9(8)12(14,15)16/h3-4,6,10,17H,2,5H2,1H3,(H,18,19). The molecule has 0 saturated carbocycles. The number of benzene rings is 1. The van der Waals surface area contributed by atoms with Gasteiger partial charge in [-0.3, -0.25) is 4.79 Å². The monoisotopic (exact) mass is 279 g/mol. The molecule has 3 nitrogen and oxygen atoms in total. The first-order chi connectivity index (χ1) is 8.77. The molecule has 0 radical (unpaired) electrons. The van der Waals surface area contributed by atoms with Gasteiger partial charge in [0, 0.05) is 0 Å². The van der Waals surface area contributed by atoms with Crippen LogP contribution in [0.4, 0.5) is 17.6 Å². The Morgan fingerprint density at radius 2 is 2.05 bits per heavy atom. The molecular weight excluding hydrogens is 266 g/mol. The van der Waals surface area contributed by atoms with Crippen molar-refractivity contribution in [2.45, 2.75) is 25.6 Å². The van der Waals surface area contributed by atoms with Gasteiger partial charge < -0.3 is 10.4 Å². The third-order valence-corrected chi connectivity index (χ3v) is 2.48. The van der Waals surface area contributed by atoms with Crippen molar-refractivity contribution in [2.75, 3.05) is 6.54 Å². The zero-order valence-corrected chi connectivity index (χ0v) is 10.1. The van der Waals surface area contributed by atoms with Crippen LogP contribution in [0.5, 0.6) is 0 Å². The molecule has 2 N–H and O–H groups in total. The fraction of sp³-hybridized carbons (Fsp3) is 0.417. The first-order valence-corrected chi connectivity index (χ1v) is 5.60. The van der Waals surface area contributed by atoms with Crippen LogP contribution >= 0.6 is 0 Å². The van der Waals surface area contributed by atoms with Crippen molar-refractivity contribution in [3.63, 3.8) is 0 Å². The molecule has 0 heterocycles. The van der Waals surface area contributed by atoms with Crippen LogP contribution in [0.1, 0.15) is 30.5 Å². The van der Waals surface area contributed by atoms with Gasteiger partial charge in [0.25, 0.3) is 0 Å². The van der Waals surface area contributed by atoms with Crippen LogP contribution in [-0.2, 0) is 11.0 Å². The third-order valence-electron chi connectivity index (χ3n) is 2.48. The van der Waals surface area contributed by atoms with E-state index in [9.17, 15) is 22.4 Å². The Kier molecular flexibility index (Phi) is 4.88. The number of nitrogens with one attached hydrogen (secondary N) is 1. The van der Waals surface area contributed by atoms with Gasteiger partial charge in [-0.25, -0.2) is 4.39 Å². The van der Waals surface area contributed by atoms with E-state index in [1.165, 1.54) is 0 Å². The number of carboxylic acids is 1. The largest absolute Gasteiger partial charge is 0.480 e. The second-order valence-electron chi connectivity index (χ2n) is 3.95. The van der Waals surface area contributed by atoms with Crippen molar-refractivity contribution in [1.29, 1.82) is 0 Å². The molecule has 1 atom stereocenters. The lowest BCUT2D eigenvalue weighted by molar-refractivity contribution is -0.142. The van der Waals surface area contributed by atoms with Gasteiger partial charge in [-0.2, -0.15) is 13.2 Å². The van der Waals surface area contributed by atoms with Gasteiger partial charge in [0.05, 0.1) is 5.56 Å². The maximum Gasteiger partial charge on any atom is 0.416 e. The minimum absolute atomic E-state index is 0.242. The quantitative estimate of drug-likeness (QED) is 0.815. The van der Waals surface area contributed by atoms with Crippen molar-refractivity contribution < 1.29 is 27.5 Å². The number of hydrogen-bond acceptors (Lipinski definition) is 2. The van der Waals surface area contributed by atoms with Gasteiger partial charge in [0.1, 0.15) is 11.9 Å². The van der Waals surface area contributed by atoms with Gasteiger partial charge in [0.15, 0.2) is 0 Å². The van der Waals surface area contributed by atoms with E-state index in [0.29, 0.717) is 12.5 Å². The highest BCUT2D eigenvalue weighted by molar-refractivity contribution is 5.76. The summed E-state index contributed by atoms with van der Waals surface area (Å²) in [5.41, 5.74) is -1.77. The smallest absolute Gasteiger partial charge is 0.416 e. The Hall–Kier alpha value is -1.63. The zero-order chi connectivity index (χ0) is 14.6. The number of carboxylic acid groups (broad SMARTS) is 1. The summed E-state index contributed by atoms with van der Waals surface area (Å²) in [6, 6.07) is 0.448. The highest BCUT2D eigenvalue weighted by Crippen LogP contribution is 2.35. The number of rotatable bonds is 5. The second-order valence-corrected chi connectivity index (χ2v) is 3.95. The van der Waals surface area contributed by atoms with E-state index in [1.54, 1.807) is 6.92 Å². The number of alkyl halides is 3. The maximum atomic E-state index is 12.9. The van der Waals surface area contributed by atoms with Crippen LogP contribution < -0.4 is 5.32 Å². The van der Waals surface area contributed by atoms with Crippen molar-refractivity contribution in [3.05, 3.63) is 35.1 Å². The minimum atomic E-state index is -4.81. The summed E-state index contributed by atoms with van der Waals surface area (Å²) in [4.78, 5) is 11.0. The summed E-state index contributed by atoms with van der Waals surface area (Å²) in [5.74, 6) is -2.50. The van der Waals surface area contributed by atoms with Crippen LogP contribution in [0, 0.1) is 5.82 Å². The van der Waals surface area contributed by atoms with Gasteiger partial charge >= 0.3 is 12.1 Å². The van der Waals surface area contributed by atoms with E-state index in [0.717, 1.165) is 12.1 Å². The Labute approximate surface area is 107 Å². The summed E-state index contributed by atoms with van der Waals surface area (Å²) >= 11 is 0. The van der Waals surface area contributed by atoms with Crippen LogP contribution in [0.25, 0.3) is 0 Å². The van der Waals surface area contributed by atoms with Crippen LogP contribution in [0.3, 0.4) is 0 Å². The fourth-order valence-electron chi connectivity index (χ4n) is 1.64. The van der Waals surface area contributed by atoms with Crippen molar-refractivity contribution >= 4 is 5.97 Å². The molecule has 1 aromatic carbocycles. The molecule has 0 saturated heterocycles. The highest BCUT2D eigenvalue weighted by Gasteiger charge is 2.37. The number of halogens is 4. The normalized spacial score (nSPS) is 13.3. The molecule has 0 aliphatic rings. The Morgan fingerprint density at radius 3 is 2.53 bits per heavy atom. The second kappa shape index (κ2) is 6.01. The molecule has 19 heavy (non-hydrogen) atoms. The summed E-state index contributed by atoms with van der Waals surface area (Å²) in [6.45, 7) is 1.99. The molecule has 1 aromatic rings. The Balaban J connectivity index is 3.26. The first-order valence-electron chi connectivity index (χ1n) is 5.60. The van der Waals surface area contributed by atoms with Crippen molar-refractivity contribution in [1.82, 2.24) is 5.32 Å². The molecule has 0 aliphatic carbocycles. The fourth-order valence-corrected chi connectivity index (χ4v) is 1.64. The molecule has 0 aromatic heterocycles. The number of aliphatic carboxylic acids is 1. The lowest BCUT2D eigenvalue weighted by atomic mass is 9.99. The molecule has 7 heteroatoms. The van der Waals surface area contributed by atoms with Crippen molar-refractivity contribution in [2.24, 2.45) is 0 Å². The molecular formula is C12H13F4NO2. The summed E-state index contributed by atoms with van der Waals surface area (Å²) in [6.07, 6.45) is -4.24. The van der Waals surface area contributed by atoms with E-state index in [1.807, 2.05) is 0 Å². The average molecular weight is 279 g/mol. The van der Waals surface area contributed by atoms with Gasteiger partial charge in [0.2, 0.25) is 0 Å². The number of carbonyl (C=O) groups is 1. The van der Waals surface area contributed by atoms with Gasteiger partial charge in [-0.05, 0) is 30.7 Å².